The second kappa shape index (κ2) is 5.92. The smallest absolute Gasteiger partial charge is 0.348 e. The van der Waals surface area contributed by atoms with Crippen LogP contribution in [0.5, 0.6) is 0 Å². The van der Waals surface area contributed by atoms with Crippen LogP contribution in [0.4, 0.5) is 10.1 Å². The fourth-order valence-corrected chi connectivity index (χ4v) is 1.66. The number of benzene rings is 2. The molecule has 6 heteroatoms. The molecule has 0 heterocycles. The number of halogens is 1. The highest BCUT2D eigenvalue weighted by Crippen LogP contribution is 2.22. The third-order valence-electron chi connectivity index (χ3n) is 2.61. The number of nitro benzene ring substituents is 1. The maximum atomic E-state index is 13.6. The first-order valence-corrected chi connectivity index (χ1v) is 5.73. The molecule has 0 atom stereocenters. The minimum atomic E-state index is -1.06. The molecule has 102 valence electrons. The van der Waals surface area contributed by atoms with Crippen LogP contribution in [0, 0.1) is 15.9 Å². The van der Waals surface area contributed by atoms with Gasteiger partial charge in [0, 0.05) is 6.07 Å². The van der Waals surface area contributed by atoms with E-state index >= 15 is 0 Å². The molecule has 0 radical (unpaired) electrons. The fraction of sp³-hybridized carbons (Fsp3) is 0.0714. The number of rotatable bonds is 4. The Balaban J connectivity index is 2.19. The number of carbonyl (C=O) groups excluding carboxylic acids is 1. The lowest BCUT2D eigenvalue weighted by Crippen LogP contribution is -2.10. The molecule has 0 unspecified atom stereocenters. The lowest BCUT2D eigenvalue weighted by atomic mass is 10.1. The topological polar surface area (TPSA) is 69.4 Å². The van der Waals surface area contributed by atoms with E-state index in [4.69, 9.17) is 4.74 Å². The van der Waals surface area contributed by atoms with E-state index in [0.717, 1.165) is 12.1 Å². The van der Waals surface area contributed by atoms with Gasteiger partial charge in [0.2, 0.25) is 0 Å². The van der Waals surface area contributed by atoms with Crippen molar-refractivity contribution in [1.29, 1.82) is 0 Å². The van der Waals surface area contributed by atoms with Crippen LogP contribution in [0.15, 0.2) is 48.5 Å². The van der Waals surface area contributed by atoms with Crippen molar-refractivity contribution in [2.24, 2.45) is 0 Å². The van der Waals surface area contributed by atoms with Crippen LogP contribution in [0.25, 0.3) is 0 Å². The lowest BCUT2D eigenvalue weighted by molar-refractivity contribution is -0.385. The summed E-state index contributed by atoms with van der Waals surface area (Å²) in [5, 5.41) is 10.8. The highest BCUT2D eigenvalue weighted by Gasteiger charge is 2.25. The average molecular weight is 275 g/mol. The van der Waals surface area contributed by atoms with Crippen molar-refractivity contribution in [2.45, 2.75) is 6.61 Å². The molecule has 0 fully saturated rings. The Morgan fingerprint density at radius 2 is 1.85 bits per heavy atom. The van der Waals surface area contributed by atoms with Gasteiger partial charge < -0.3 is 4.74 Å². The zero-order valence-electron chi connectivity index (χ0n) is 10.3. The van der Waals surface area contributed by atoms with Gasteiger partial charge in [-0.15, -0.1) is 0 Å². The van der Waals surface area contributed by atoms with E-state index in [2.05, 4.69) is 0 Å². The average Bonchev–Trinajstić information content (AvgIpc) is 2.45. The molecule has 0 aromatic heterocycles. The first kappa shape index (κ1) is 13.7. The van der Waals surface area contributed by atoms with Gasteiger partial charge in [-0.05, 0) is 11.6 Å². The Bertz CT molecular complexity index is 643. The standard InChI is InChI=1S/C14H10FNO4/c15-11-7-4-8-12(16(18)19)13(11)14(17)20-9-10-5-2-1-3-6-10/h1-8H,9H2. The number of ether oxygens (including phenoxy) is 1. The molecule has 0 amide bonds. The van der Waals surface area contributed by atoms with Crippen molar-refractivity contribution >= 4 is 11.7 Å². The van der Waals surface area contributed by atoms with Crippen LogP contribution >= 0.6 is 0 Å². The Morgan fingerprint density at radius 3 is 2.50 bits per heavy atom. The first-order valence-electron chi connectivity index (χ1n) is 5.73. The van der Waals surface area contributed by atoms with E-state index in [1.165, 1.54) is 6.07 Å². The van der Waals surface area contributed by atoms with Crippen LogP contribution in [-0.2, 0) is 11.3 Å². The second-order valence-electron chi connectivity index (χ2n) is 3.95. The van der Waals surface area contributed by atoms with Crippen LogP contribution in [0.1, 0.15) is 15.9 Å². The van der Waals surface area contributed by atoms with Gasteiger partial charge >= 0.3 is 5.97 Å². The van der Waals surface area contributed by atoms with Gasteiger partial charge in [-0.3, -0.25) is 10.1 Å². The van der Waals surface area contributed by atoms with Gasteiger partial charge in [-0.25, -0.2) is 9.18 Å². The van der Waals surface area contributed by atoms with Gasteiger partial charge in [-0.1, -0.05) is 36.4 Å². The molecule has 0 bridgehead atoms. The molecule has 2 rings (SSSR count). The molecule has 0 spiro atoms. The van der Waals surface area contributed by atoms with Crippen LogP contribution in [-0.4, -0.2) is 10.9 Å². The van der Waals surface area contributed by atoms with Gasteiger partial charge in [-0.2, -0.15) is 0 Å². The van der Waals surface area contributed by atoms with E-state index in [9.17, 15) is 19.3 Å². The number of nitrogens with zero attached hydrogens (tertiary/aromatic N) is 1. The zero-order valence-corrected chi connectivity index (χ0v) is 10.3. The van der Waals surface area contributed by atoms with E-state index in [1.54, 1.807) is 30.3 Å². The summed E-state index contributed by atoms with van der Waals surface area (Å²) in [5.41, 5.74) is -0.559. The van der Waals surface area contributed by atoms with Crippen LogP contribution in [0.3, 0.4) is 0 Å². The summed E-state index contributed by atoms with van der Waals surface area (Å²) in [5.74, 6) is -2.03. The van der Waals surface area contributed by atoms with Crippen molar-refractivity contribution in [2.75, 3.05) is 0 Å². The van der Waals surface area contributed by atoms with Crippen molar-refractivity contribution in [3.05, 3.63) is 75.6 Å². The van der Waals surface area contributed by atoms with Crippen molar-refractivity contribution < 1.29 is 18.8 Å². The molecule has 0 saturated carbocycles. The SMILES string of the molecule is O=C(OCc1ccccc1)c1c(F)cccc1[N+](=O)[O-]. The second-order valence-corrected chi connectivity index (χ2v) is 3.95. The van der Waals surface area contributed by atoms with E-state index < -0.39 is 28.0 Å². The minimum absolute atomic E-state index is 0.0782. The summed E-state index contributed by atoms with van der Waals surface area (Å²) < 4.78 is 18.5. The third-order valence-corrected chi connectivity index (χ3v) is 2.61. The summed E-state index contributed by atoms with van der Waals surface area (Å²) in [4.78, 5) is 21.8. The van der Waals surface area contributed by atoms with Crippen molar-refractivity contribution in [3.8, 4) is 0 Å². The van der Waals surface area contributed by atoms with Gasteiger partial charge in [0.05, 0.1) is 4.92 Å². The largest absolute Gasteiger partial charge is 0.457 e. The Labute approximate surface area is 113 Å². The molecule has 2 aromatic carbocycles. The van der Waals surface area contributed by atoms with Gasteiger partial charge in [0.15, 0.2) is 5.56 Å². The maximum absolute atomic E-state index is 13.6. The van der Waals surface area contributed by atoms with Crippen molar-refractivity contribution in [3.63, 3.8) is 0 Å². The van der Waals surface area contributed by atoms with E-state index in [-0.39, 0.29) is 6.61 Å². The summed E-state index contributed by atoms with van der Waals surface area (Å²) >= 11 is 0. The molecular formula is C14H10FNO4. The highest BCUT2D eigenvalue weighted by molar-refractivity contribution is 5.94. The highest BCUT2D eigenvalue weighted by atomic mass is 19.1. The number of hydrogen-bond acceptors (Lipinski definition) is 4. The molecule has 0 N–H and O–H groups in total. The van der Waals surface area contributed by atoms with E-state index in [0.29, 0.717) is 5.56 Å². The van der Waals surface area contributed by atoms with E-state index in [1.807, 2.05) is 0 Å². The molecule has 0 aliphatic heterocycles. The predicted octanol–water partition coefficient (Wildman–Crippen LogP) is 3.09. The Hall–Kier alpha value is -2.76. The summed E-state index contributed by atoms with van der Waals surface area (Å²) in [6.45, 7) is -0.0782. The monoisotopic (exact) mass is 275 g/mol. The minimum Gasteiger partial charge on any atom is -0.457 e. The van der Waals surface area contributed by atoms with Gasteiger partial charge in [0.1, 0.15) is 12.4 Å². The molecule has 0 saturated heterocycles. The Kier molecular flexibility index (Phi) is 4.05. The number of hydrogen-bond donors (Lipinski definition) is 0. The molecule has 2 aromatic rings. The number of esters is 1. The fourth-order valence-electron chi connectivity index (χ4n) is 1.66. The quantitative estimate of drug-likeness (QED) is 0.488. The van der Waals surface area contributed by atoms with Gasteiger partial charge in [0.25, 0.3) is 5.69 Å². The third kappa shape index (κ3) is 2.97. The molecule has 20 heavy (non-hydrogen) atoms. The zero-order chi connectivity index (χ0) is 14.5. The first-order chi connectivity index (χ1) is 9.59. The van der Waals surface area contributed by atoms with Crippen LogP contribution < -0.4 is 0 Å². The summed E-state index contributed by atoms with van der Waals surface area (Å²) in [6.07, 6.45) is 0. The summed E-state index contributed by atoms with van der Waals surface area (Å²) in [6, 6.07) is 12.0. The molecule has 0 aliphatic rings. The number of carbonyl (C=O) groups is 1. The number of nitro groups is 1. The lowest BCUT2D eigenvalue weighted by Gasteiger charge is -2.06. The normalized spacial score (nSPS) is 10.1. The van der Waals surface area contributed by atoms with Crippen molar-refractivity contribution in [1.82, 2.24) is 0 Å². The molecule has 5 nitrogen and oxygen atoms in total. The summed E-state index contributed by atoms with van der Waals surface area (Å²) in [7, 11) is 0. The predicted molar refractivity (Wildman–Crippen MR) is 68.6 cm³/mol. The Morgan fingerprint density at radius 1 is 1.15 bits per heavy atom. The molecular weight excluding hydrogens is 265 g/mol. The maximum Gasteiger partial charge on any atom is 0.348 e. The molecule has 0 aliphatic carbocycles. The van der Waals surface area contributed by atoms with Crippen LogP contribution in [0.2, 0.25) is 0 Å².